The Balaban J connectivity index is 1.66. The van der Waals surface area contributed by atoms with E-state index in [0.29, 0.717) is 48.7 Å². The van der Waals surface area contributed by atoms with Gasteiger partial charge in [-0.1, -0.05) is 0 Å². The molecule has 2 heterocycles. The molecule has 28 heavy (non-hydrogen) atoms. The fraction of sp³-hybridized carbons (Fsp3) is 0.278. The summed E-state index contributed by atoms with van der Waals surface area (Å²) < 4.78 is 27.4. The summed E-state index contributed by atoms with van der Waals surface area (Å²) in [5.41, 5.74) is 1.23. The fourth-order valence-electron chi connectivity index (χ4n) is 2.99. The van der Waals surface area contributed by atoms with Crippen molar-refractivity contribution in [3.05, 3.63) is 53.9 Å². The predicted molar refractivity (Wildman–Crippen MR) is 103 cm³/mol. The van der Waals surface area contributed by atoms with Gasteiger partial charge in [0.1, 0.15) is 5.75 Å². The molecule has 1 aliphatic heterocycles. The second-order valence-corrected chi connectivity index (χ2v) is 6.79. The molecule has 1 aromatic carbocycles. The number of nitrogens with one attached hydrogen (secondary N) is 1. The molecule has 0 saturated carbocycles. The number of benzene rings is 1. The number of anilines is 1. The molecule has 2 aromatic rings. The molecule has 0 aliphatic carbocycles. The third kappa shape index (κ3) is 4.46. The normalized spacial score (nSPS) is 15.1. The van der Waals surface area contributed by atoms with E-state index < -0.39 is 11.3 Å². The number of ether oxygens (including phenoxy) is 1. The van der Waals surface area contributed by atoms with Crippen LogP contribution in [0.15, 0.2) is 42.7 Å². The predicted octanol–water partition coefficient (Wildman–Crippen LogP) is 1.24. The molecule has 1 fully saturated rings. The zero-order valence-corrected chi connectivity index (χ0v) is 16.0. The van der Waals surface area contributed by atoms with Gasteiger partial charge in [-0.15, -0.1) is 0 Å². The number of aromatic nitrogens is 1. The quantitative estimate of drug-likeness (QED) is 0.725. The minimum atomic E-state index is -2.22. The largest absolute Gasteiger partial charge is 0.496 e. The number of hydrogen-bond acceptors (Lipinski definition) is 5. The molecule has 2 amide bonds. The van der Waals surface area contributed by atoms with Crippen LogP contribution in [0.3, 0.4) is 0 Å². The average Bonchev–Trinajstić information content (AvgIpc) is 2.73. The molecule has 3 rings (SSSR count). The maximum absolute atomic E-state index is 12.9. The number of carbonyl (C=O) groups excluding carboxylic acids is 2. The molecule has 148 valence electrons. The van der Waals surface area contributed by atoms with Gasteiger partial charge >= 0.3 is 0 Å². The van der Waals surface area contributed by atoms with E-state index in [2.05, 4.69) is 9.71 Å². The molecular weight excluding hydrogens is 384 g/mol. The van der Waals surface area contributed by atoms with E-state index in [1.165, 1.54) is 25.4 Å². The van der Waals surface area contributed by atoms with Crippen LogP contribution in [0.5, 0.6) is 5.75 Å². The average molecular weight is 404 g/mol. The monoisotopic (exact) mass is 404 g/mol. The molecule has 1 unspecified atom stereocenters. The molecule has 9 nitrogen and oxygen atoms in total. The van der Waals surface area contributed by atoms with Crippen molar-refractivity contribution in [1.82, 2.24) is 14.8 Å². The van der Waals surface area contributed by atoms with Gasteiger partial charge in [-0.05, 0) is 24.3 Å². The maximum atomic E-state index is 12.9. The number of carbonyl (C=O) groups is 2. The van der Waals surface area contributed by atoms with Gasteiger partial charge in [0.15, 0.2) is 0 Å². The van der Waals surface area contributed by atoms with Crippen LogP contribution >= 0.6 is 0 Å². The number of hydrogen-bond donors (Lipinski definition) is 2. The van der Waals surface area contributed by atoms with Crippen molar-refractivity contribution in [2.24, 2.45) is 0 Å². The van der Waals surface area contributed by atoms with Gasteiger partial charge in [0.25, 0.3) is 23.1 Å². The van der Waals surface area contributed by atoms with Crippen molar-refractivity contribution in [3.63, 3.8) is 0 Å². The van der Waals surface area contributed by atoms with Crippen molar-refractivity contribution in [1.29, 1.82) is 0 Å². The number of nitrogens with zero attached hydrogens (tertiary/aromatic N) is 3. The Bertz CT molecular complexity index is 885. The van der Waals surface area contributed by atoms with E-state index in [9.17, 15) is 13.8 Å². The molecule has 1 aromatic heterocycles. The van der Waals surface area contributed by atoms with Gasteiger partial charge in [0.2, 0.25) is 0 Å². The van der Waals surface area contributed by atoms with Crippen molar-refractivity contribution in [2.45, 2.75) is 0 Å². The highest BCUT2D eigenvalue weighted by Gasteiger charge is 2.27. The van der Waals surface area contributed by atoms with E-state index >= 15 is 0 Å². The van der Waals surface area contributed by atoms with Gasteiger partial charge in [-0.3, -0.25) is 23.8 Å². The minimum absolute atomic E-state index is 0.106. The van der Waals surface area contributed by atoms with E-state index in [-0.39, 0.29) is 11.8 Å². The Hall–Kier alpha value is -2.98. The van der Waals surface area contributed by atoms with Crippen LogP contribution in [-0.4, -0.2) is 68.6 Å². The molecule has 0 radical (unpaired) electrons. The Labute approximate surface area is 164 Å². The first-order valence-electron chi connectivity index (χ1n) is 8.53. The van der Waals surface area contributed by atoms with Crippen molar-refractivity contribution in [3.8, 4) is 5.75 Å². The lowest BCUT2D eigenvalue weighted by Crippen LogP contribution is -2.50. The minimum Gasteiger partial charge on any atom is -0.496 e. The first-order valence-corrected chi connectivity index (χ1v) is 9.64. The summed E-state index contributed by atoms with van der Waals surface area (Å²) in [5, 5.41) is 0. The van der Waals surface area contributed by atoms with Gasteiger partial charge in [0.05, 0.1) is 23.9 Å². The lowest BCUT2D eigenvalue weighted by molar-refractivity contribution is 0.0533. The van der Waals surface area contributed by atoms with Crippen molar-refractivity contribution in [2.75, 3.05) is 38.0 Å². The van der Waals surface area contributed by atoms with E-state index in [1.54, 1.807) is 34.2 Å². The van der Waals surface area contributed by atoms with Crippen LogP contribution in [0.4, 0.5) is 5.69 Å². The van der Waals surface area contributed by atoms with Crippen molar-refractivity contribution < 1.29 is 23.1 Å². The number of rotatable bonds is 5. The van der Waals surface area contributed by atoms with E-state index in [1.807, 2.05) is 0 Å². The zero-order chi connectivity index (χ0) is 20.1. The first-order chi connectivity index (χ1) is 13.5. The molecule has 2 N–H and O–H groups in total. The second-order valence-electron chi connectivity index (χ2n) is 6.09. The van der Waals surface area contributed by atoms with Crippen LogP contribution in [0.1, 0.15) is 20.7 Å². The third-order valence-electron chi connectivity index (χ3n) is 4.40. The lowest BCUT2D eigenvalue weighted by atomic mass is 10.1. The van der Waals surface area contributed by atoms with E-state index in [4.69, 9.17) is 9.29 Å². The van der Waals surface area contributed by atoms with Crippen LogP contribution in [0.2, 0.25) is 0 Å². The molecule has 1 aliphatic rings. The summed E-state index contributed by atoms with van der Waals surface area (Å²) in [5.74, 6) is -0.0264. The summed E-state index contributed by atoms with van der Waals surface area (Å²) in [7, 11) is 1.43. The Morgan fingerprint density at radius 3 is 2.39 bits per heavy atom. The standard InChI is InChI=1S/C18H20N4O5S/c1-27-16-11-14(20-28(25)26)4-5-15(16)18(24)22-9-7-21(8-10-22)17(23)13-3-2-6-19-12-13/h2-6,11-12,20H,7-10H2,1H3,(H,25,26). The summed E-state index contributed by atoms with van der Waals surface area (Å²) in [6, 6.07) is 8.00. The molecule has 10 heteroatoms. The second kappa shape index (κ2) is 8.81. The number of piperazine rings is 1. The zero-order valence-electron chi connectivity index (χ0n) is 15.2. The van der Waals surface area contributed by atoms with Crippen LogP contribution in [-0.2, 0) is 11.3 Å². The lowest BCUT2D eigenvalue weighted by Gasteiger charge is -2.35. The molecular formula is C18H20N4O5S. The summed E-state index contributed by atoms with van der Waals surface area (Å²) in [6.45, 7) is 1.64. The van der Waals surface area contributed by atoms with Gasteiger partial charge < -0.3 is 14.5 Å². The Kier molecular flexibility index (Phi) is 6.22. The van der Waals surface area contributed by atoms with Gasteiger partial charge in [-0.2, -0.15) is 0 Å². The highest BCUT2D eigenvalue weighted by Crippen LogP contribution is 2.25. The molecule has 0 spiro atoms. The molecule has 1 saturated heterocycles. The topological polar surface area (TPSA) is 112 Å². The maximum Gasteiger partial charge on any atom is 0.259 e. The number of pyridine rings is 1. The Morgan fingerprint density at radius 1 is 1.14 bits per heavy atom. The van der Waals surface area contributed by atoms with E-state index in [0.717, 1.165) is 0 Å². The highest BCUT2D eigenvalue weighted by atomic mass is 32.2. The number of methoxy groups -OCH3 is 1. The summed E-state index contributed by atoms with van der Waals surface area (Å²) >= 11 is -2.22. The molecule has 0 bridgehead atoms. The van der Waals surface area contributed by atoms with Crippen LogP contribution < -0.4 is 9.46 Å². The van der Waals surface area contributed by atoms with Crippen LogP contribution in [0, 0.1) is 0 Å². The SMILES string of the molecule is COc1cc(NS(=O)O)ccc1C(=O)N1CCN(C(=O)c2cccnc2)CC1. The van der Waals surface area contributed by atoms with Crippen LogP contribution in [0.25, 0.3) is 0 Å². The highest BCUT2D eigenvalue weighted by molar-refractivity contribution is 7.80. The third-order valence-corrected chi connectivity index (χ3v) is 4.81. The smallest absolute Gasteiger partial charge is 0.259 e. The first kappa shape index (κ1) is 19.8. The van der Waals surface area contributed by atoms with Crippen molar-refractivity contribution >= 4 is 28.8 Å². The Morgan fingerprint density at radius 2 is 1.82 bits per heavy atom. The van der Waals surface area contributed by atoms with Gasteiger partial charge in [0, 0.05) is 44.6 Å². The fourth-order valence-corrected chi connectivity index (χ4v) is 3.32. The number of amides is 2. The molecule has 1 atom stereocenters. The summed E-state index contributed by atoms with van der Waals surface area (Å²) in [6.07, 6.45) is 3.14. The van der Waals surface area contributed by atoms with Gasteiger partial charge in [-0.25, -0.2) is 4.21 Å². The summed E-state index contributed by atoms with van der Waals surface area (Å²) in [4.78, 5) is 32.7.